The number of amides is 1. The van der Waals surface area contributed by atoms with Crippen LogP contribution in [0.3, 0.4) is 0 Å². The van der Waals surface area contributed by atoms with E-state index >= 15 is 0 Å². The van der Waals surface area contributed by atoms with Crippen molar-refractivity contribution in [2.45, 2.75) is 31.7 Å². The van der Waals surface area contributed by atoms with Gasteiger partial charge in [0, 0.05) is 23.4 Å². The molecule has 0 radical (unpaired) electrons. The third-order valence-corrected chi connectivity index (χ3v) is 5.20. The molecule has 1 N–H and O–H groups in total. The quantitative estimate of drug-likeness (QED) is 0.793. The van der Waals surface area contributed by atoms with Crippen LogP contribution in [0.4, 0.5) is 0 Å². The van der Waals surface area contributed by atoms with Crippen molar-refractivity contribution in [2.75, 3.05) is 13.2 Å². The molecule has 2 aliphatic rings. The molecule has 0 aromatic heterocycles. The second-order valence-corrected chi connectivity index (χ2v) is 7.22. The lowest BCUT2D eigenvalue weighted by atomic mass is 10.0. The summed E-state index contributed by atoms with van der Waals surface area (Å²) < 4.78 is 11.0. The molecule has 0 saturated heterocycles. The normalized spacial score (nSPS) is 17.3. The number of ketones is 1. The summed E-state index contributed by atoms with van der Waals surface area (Å²) in [6, 6.07) is 10.9. The lowest BCUT2D eigenvalue weighted by Gasteiger charge is -2.18. The van der Waals surface area contributed by atoms with Crippen LogP contribution in [0, 0.1) is 0 Å². The minimum Gasteiger partial charge on any atom is -0.486 e. The first-order valence-electron chi connectivity index (χ1n) is 9.11. The van der Waals surface area contributed by atoms with Gasteiger partial charge in [-0.1, -0.05) is 17.7 Å². The number of hydrogen-bond donors (Lipinski definition) is 1. The number of carbonyl (C=O) groups is 2. The van der Waals surface area contributed by atoms with Crippen molar-refractivity contribution in [1.82, 2.24) is 5.32 Å². The number of aryl methyl sites for hydroxylation is 1. The number of fused-ring (bicyclic) bond motifs is 2. The van der Waals surface area contributed by atoms with E-state index in [1.54, 1.807) is 18.2 Å². The Hall–Kier alpha value is -2.53. The number of Topliss-reactive ketones (excluding diaryl/α,β-unsaturated/α-hetero) is 1. The largest absolute Gasteiger partial charge is 0.486 e. The minimum atomic E-state index is -0.117. The monoisotopic (exact) mass is 385 g/mol. The number of halogens is 1. The fraction of sp³-hybridized carbons (Fsp3) is 0.333. The summed E-state index contributed by atoms with van der Waals surface area (Å²) in [5, 5.41) is 3.75. The minimum absolute atomic E-state index is 0.00541. The first-order valence-corrected chi connectivity index (χ1v) is 9.48. The van der Waals surface area contributed by atoms with Crippen molar-refractivity contribution >= 4 is 23.3 Å². The van der Waals surface area contributed by atoms with E-state index in [9.17, 15) is 9.59 Å². The van der Waals surface area contributed by atoms with Gasteiger partial charge in [-0.05, 0) is 54.3 Å². The summed E-state index contributed by atoms with van der Waals surface area (Å²) in [5.41, 5.74) is 2.83. The molecule has 2 aromatic carbocycles. The van der Waals surface area contributed by atoms with Crippen molar-refractivity contribution in [1.29, 1.82) is 0 Å². The number of nitrogens with one attached hydrogen (secondary N) is 1. The summed E-state index contributed by atoms with van der Waals surface area (Å²) in [6.45, 7) is 0.984. The zero-order chi connectivity index (χ0) is 18.8. The summed E-state index contributed by atoms with van der Waals surface area (Å²) in [5.74, 6) is 1.03. The average Bonchev–Trinajstić information content (AvgIpc) is 3.07. The molecule has 1 amide bonds. The summed E-state index contributed by atoms with van der Waals surface area (Å²) in [7, 11) is 0. The van der Waals surface area contributed by atoms with Gasteiger partial charge < -0.3 is 14.8 Å². The van der Waals surface area contributed by atoms with Gasteiger partial charge in [0.25, 0.3) is 0 Å². The Labute approximate surface area is 162 Å². The van der Waals surface area contributed by atoms with Crippen LogP contribution in [0.5, 0.6) is 11.5 Å². The fourth-order valence-electron chi connectivity index (χ4n) is 3.59. The van der Waals surface area contributed by atoms with Gasteiger partial charge in [-0.15, -0.1) is 0 Å². The Morgan fingerprint density at radius 2 is 1.85 bits per heavy atom. The Kier molecular flexibility index (Phi) is 5.03. The van der Waals surface area contributed by atoms with E-state index in [1.165, 1.54) is 5.56 Å². The Morgan fingerprint density at radius 1 is 1.04 bits per heavy atom. The van der Waals surface area contributed by atoms with Crippen molar-refractivity contribution in [3.63, 3.8) is 0 Å². The number of hydrogen-bond acceptors (Lipinski definition) is 4. The third-order valence-electron chi connectivity index (χ3n) is 4.96. The Morgan fingerprint density at radius 3 is 2.70 bits per heavy atom. The zero-order valence-electron chi connectivity index (χ0n) is 14.8. The first kappa shape index (κ1) is 17.9. The highest BCUT2D eigenvalue weighted by molar-refractivity contribution is 6.30. The molecule has 1 unspecified atom stereocenters. The molecular formula is C21H20ClNO4. The van der Waals surface area contributed by atoms with Crippen LogP contribution >= 0.6 is 11.6 Å². The predicted molar refractivity (Wildman–Crippen MR) is 102 cm³/mol. The molecular weight excluding hydrogens is 366 g/mol. The molecule has 1 aliphatic heterocycles. The summed E-state index contributed by atoms with van der Waals surface area (Å²) in [6.07, 6.45) is 2.08. The van der Waals surface area contributed by atoms with Crippen molar-refractivity contribution in [2.24, 2.45) is 0 Å². The van der Waals surface area contributed by atoms with Gasteiger partial charge in [-0.2, -0.15) is 0 Å². The molecule has 1 aliphatic carbocycles. The van der Waals surface area contributed by atoms with E-state index in [2.05, 4.69) is 5.32 Å². The average molecular weight is 386 g/mol. The maximum absolute atomic E-state index is 12.4. The van der Waals surface area contributed by atoms with Crippen LogP contribution in [-0.2, 0) is 11.2 Å². The molecule has 0 bridgehead atoms. The standard InChI is InChI=1S/C21H20ClNO4/c22-15-3-4-16-13(11-15)1-5-17(16)23-21(25)8-6-18(24)14-2-7-19-20(12-14)27-10-9-26-19/h2-4,7,11-12,17H,1,5-6,8-10H2,(H,23,25). The van der Waals surface area contributed by atoms with E-state index in [0.29, 0.717) is 35.3 Å². The van der Waals surface area contributed by atoms with Crippen LogP contribution < -0.4 is 14.8 Å². The van der Waals surface area contributed by atoms with E-state index in [1.807, 2.05) is 18.2 Å². The summed E-state index contributed by atoms with van der Waals surface area (Å²) >= 11 is 6.02. The molecule has 4 rings (SSSR count). The highest BCUT2D eigenvalue weighted by Crippen LogP contribution is 2.33. The lowest BCUT2D eigenvalue weighted by Crippen LogP contribution is -2.27. The third kappa shape index (κ3) is 3.93. The van der Waals surface area contributed by atoms with Crippen molar-refractivity contribution in [3.8, 4) is 11.5 Å². The van der Waals surface area contributed by atoms with E-state index < -0.39 is 0 Å². The van der Waals surface area contributed by atoms with Gasteiger partial charge in [-0.3, -0.25) is 9.59 Å². The number of ether oxygens (including phenoxy) is 2. The highest BCUT2D eigenvalue weighted by atomic mass is 35.5. The second kappa shape index (κ2) is 7.61. The van der Waals surface area contributed by atoms with Gasteiger partial charge in [0.2, 0.25) is 5.91 Å². The Balaban J connectivity index is 1.33. The predicted octanol–water partition coefficient (Wildman–Crippen LogP) is 3.88. The number of carbonyl (C=O) groups excluding carboxylic acids is 2. The van der Waals surface area contributed by atoms with E-state index in [-0.39, 0.29) is 30.6 Å². The molecule has 0 saturated carbocycles. The molecule has 1 atom stereocenters. The molecule has 140 valence electrons. The topological polar surface area (TPSA) is 64.6 Å². The fourth-order valence-corrected chi connectivity index (χ4v) is 3.79. The molecule has 27 heavy (non-hydrogen) atoms. The smallest absolute Gasteiger partial charge is 0.220 e. The van der Waals surface area contributed by atoms with E-state index in [4.69, 9.17) is 21.1 Å². The first-order chi connectivity index (χ1) is 13.1. The molecule has 6 heteroatoms. The lowest BCUT2D eigenvalue weighted by molar-refractivity contribution is -0.121. The van der Waals surface area contributed by atoms with Crippen LogP contribution in [0.2, 0.25) is 5.02 Å². The van der Waals surface area contributed by atoms with Gasteiger partial charge in [0.05, 0.1) is 6.04 Å². The van der Waals surface area contributed by atoms with Crippen LogP contribution in [0.1, 0.15) is 46.8 Å². The zero-order valence-corrected chi connectivity index (χ0v) is 15.6. The number of benzene rings is 2. The van der Waals surface area contributed by atoms with E-state index in [0.717, 1.165) is 18.4 Å². The maximum Gasteiger partial charge on any atom is 0.220 e. The van der Waals surface area contributed by atoms with Crippen molar-refractivity contribution in [3.05, 3.63) is 58.1 Å². The number of rotatable bonds is 5. The van der Waals surface area contributed by atoms with Crippen LogP contribution in [0.15, 0.2) is 36.4 Å². The molecule has 0 spiro atoms. The molecule has 1 heterocycles. The second-order valence-electron chi connectivity index (χ2n) is 6.78. The molecule has 2 aromatic rings. The Bertz CT molecular complexity index is 896. The highest BCUT2D eigenvalue weighted by Gasteiger charge is 2.24. The van der Waals surface area contributed by atoms with Gasteiger partial charge in [0.15, 0.2) is 17.3 Å². The van der Waals surface area contributed by atoms with Gasteiger partial charge in [-0.25, -0.2) is 0 Å². The summed E-state index contributed by atoms with van der Waals surface area (Å²) in [4.78, 5) is 24.7. The molecule has 0 fully saturated rings. The van der Waals surface area contributed by atoms with Crippen LogP contribution in [-0.4, -0.2) is 24.9 Å². The van der Waals surface area contributed by atoms with Gasteiger partial charge >= 0.3 is 0 Å². The van der Waals surface area contributed by atoms with Crippen LogP contribution in [0.25, 0.3) is 0 Å². The van der Waals surface area contributed by atoms with Crippen molar-refractivity contribution < 1.29 is 19.1 Å². The molecule has 5 nitrogen and oxygen atoms in total. The van der Waals surface area contributed by atoms with Gasteiger partial charge in [0.1, 0.15) is 13.2 Å². The SMILES string of the molecule is O=C(CCC(=O)c1ccc2c(c1)OCCO2)NC1CCc2cc(Cl)ccc21. The maximum atomic E-state index is 12.4.